The third-order valence-electron chi connectivity index (χ3n) is 5.65. The number of carbonyl (C=O) groups is 1. The molecule has 0 aromatic heterocycles. The largest absolute Gasteiger partial charge is 0.497 e. The van der Waals surface area contributed by atoms with Crippen LogP contribution in [0.3, 0.4) is 0 Å². The Kier molecular flexibility index (Phi) is 11.9. The Morgan fingerprint density at radius 3 is 2.42 bits per heavy atom. The van der Waals surface area contributed by atoms with Crippen LogP contribution in [0.5, 0.6) is 5.75 Å². The third-order valence-corrected chi connectivity index (χ3v) is 5.90. The van der Waals surface area contributed by atoms with Gasteiger partial charge in [-0.25, -0.2) is 5.01 Å². The molecule has 0 aliphatic carbocycles. The number of rotatable bonds is 10. The summed E-state index contributed by atoms with van der Waals surface area (Å²) in [5, 5.41) is 14.7. The molecule has 2 aromatic carbocycles. The molecular weight excluding hydrogens is 472 g/mol. The van der Waals surface area contributed by atoms with E-state index in [1.807, 2.05) is 85.6 Å². The Labute approximate surface area is 219 Å². The number of aliphatic hydroxyl groups excluding tert-OH is 1. The molecule has 0 amide bonds. The number of aldehydes is 1. The molecule has 0 spiro atoms. The fraction of sp³-hybridized carbons (Fsp3) is 0.267. The van der Waals surface area contributed by atoms with Crippen molar-refractivity contribution < 1.29 is 14.6 Å². The predicted molar refractivity (Wildman–Crippen MR) is 151 cm³/mol. The van der Waals surface area contributed by atoms with Gasteiger partial charge >= 0.3 is 0 Å². The number of methoxy groups -OCH3 is 1. The molecule has 0 fully saturated rings. The minimum Gasteiger partial charge on any atom is -0.497 e. The molecule has 0 radical (unpaired) electrons. The van der Waals surface area contributed by atoms with Gasteiger partial charge < -0.3 is 14.6 Å². The zero-order chi connectivity index (χ0) is 26.5. The molecule has 2 aromatic rings. The molecule has 1 N–H and O–H groups in total. The number of anilines is 1. The van der Waals surface area contributed by atoms with E-state index in [0.717, 1.165) is 64.4 Å². The van der Waals surface area contributed by atoms with Crippen LogP contribution in [0.2, 0.25) is 5.02 Å². The number of benzene rings is 2. The predicted octanol–water partition coefficient (Wildman–Crippen LogP) is 6.93. The summed E-state index contributed by atoms with van der Waals surface area (Å²) in [6.07, 6.45) is 11.0. The van der Waals surface area contributed by atoms with Crippen molar-refractivity contribution in [3.8, 4) is 5.75 Å². The van der Waals surface area contributed by atoms with E-state index in [2.05, 4.69) is 12.7 Å². The number of ether oxygens (including phenoxy) is 1. The van der Waals surface area contributed by atoms with Crippen molar-refractivity contribution in [2.45, 2.75) is 33.1 Å². The lowest BCUT2D eigenvalue weighted by molar-refractivity contribution is -0.110. The lowest BCUT2D eigenvalue weighted by Gasteiger charge is -2.28. The van der Waals surface area contributed by atoms with Crippen LogP contribution in [0.25, 0.3) is 0 Å². The SMILES string of the molecule is C=C(C)/C=C\C=C(/C)C(C=O)CC1=NN(c2ccc(OC)cc2)C(Cc2ccc(Cl)cc2)=CC1.CO. The van der Waals surface area contributed by atoms with E-state index in [-0.39, 0.29) is 5.92 Å². The number of hydrazone groups is 1. The Morgan fingerprint density at radius 2 is 1.83 bits per heavy atom. The molecule has 36 heavy (non-hydrogen) atoms. The monoisotopic (exact) mass is 506 g/mol. The van der Waals surface area contributed by atoms with Crippen LogP contribution in [0.4, 0.5) is 5.69 Å². The highest BCUT2D eigenvalue weighted by atomic mass is 35.5. The average Bonchev–Trinajstić information content (AvgIpc) is 2.90. The molecule has 6 heteroatoms. The molecule has 5 nitrogen and oxygen atoms in total. The van der Waals surface area contributed by atoms with Crippen molar-refractivity contribution in [3.05, 3.63) is 107 Å². The second kappa shape index (κ2) is 14.9. The van der Waals surface area contributed by atoms with Crippen LogP contribution in [0.15, 0.2) is 101 Å². The first-order valence-corrected chi connectivity index (χ1v) is 12.1. The summed E-state index contributed by atoms with van der Waals surface area (Å²) < 4.78 is 5.31. The fourth-order valence-electron chi connectivity index (χ4n) is 3.66. The minimum atomic E-state index is -0.225. The van der Waals surface area contributed by atoms with Crippen LogP contribution in [0.1, 0.15) is 32.3 Å². The van der Waals surface area contributed by atoms with Crippen LogP contribution in [-0.2, 0) is 11.2 Å². The molecule has 1 unspecified atom stereocenters. The van der Waals surface area contributed by atoms with Crippen LogP contribution in [0, 0.1) is 5.92 Å². The highest BCUT2D eigenvalue weighted by Gasteiger charge is 2.21. The van der Waals surface area contributed by atoms with Crippen molar-refractivity contribution in [1.82, 2.24) is 0 Å². The summed E-state index contributed by atoms with van der Waals surface area (Å²) in [5.41, 5.74) is 6.11. The van der Waals surface area contributed by atoms with Gasteiger partial charge in [0, 0.05) is 48.7 Å². The summed E-state index contributed by atoms with van der Waals surface area (Å²) >= 11 is 6.06. The first-order valence-electron chi connectivity index (χ1n) is 11.7. The number of halogens is 1. The molecule has 1 aliphatic rings. The third kappa shape index (κ3) is 8.67. The van der Waals surface area contributed by atoms with Gasteiger partial charge in [0.15, 0.2) is 0 Å². The lowest BCUT2D eigenvalue weighted by Crippen LogP contribution is -2.25. The molecule has 3 rings (SSSR count). The molecule has 0 saturated carbocycles. The van der Waals surface area contributed by atoms with E-state index in [9.17, 15) is 4.79 Å². The second-order valence-electron chi connectivity index (χ2n) is 8.44. The molecular formula is C30H35ClN2O3. The molecule has 190 valence electrons. The van der Waals surface area contributed by atoms with Gasteiger partial charge in [0.1, 0.15) is 12.0 Å². The lowest BCUT2D eigenvalue weighted by atomic mass is 9.93. The van der Waals surface area contributed by atoms with Gasteiger partial charge in [0.25, 0.3) is 0 Å². The van der Waals surface area contributed by atoms with Crippen LogP contribution in [-0.4, -0.2) is 31.3 Å². The summed E-state index contributed by atoms with van der Waals surface area (Å²) in [4.78, 5) is 11.9. The van der Waals surface area contributed by atoms with Gasteiger partial charge in [0.2, 0.25) is 0 Å². The van der Waals surface area contributed by atoms with Gasteiger partial charge in [-0.3, -0.25) is 0 Å². The standard InChI is InChI=1S/C29H31ClN2O2.CH4O/c1-21(2)6-5-7-22(3)24(20-33)19-26-12-13-28(18-23-8-10-25(30)11-9-23)32(31-26)27-14-16-29(34-4)17-15-27;1-2/h5-11,13-17,20,24H,1,12,18-19H2,2-4H3;2H,1H3/b6-5-,22-7+;. The van der Waals surface area contributed by atoms with Crippen LogP contribution < -0.4 is 9.75 Å². The molecule has 0 bridgehead atoms. The number of aliphatic hydroxyl groups is 1. The quantitative estimate of drug-likeness (QED) is 0.280. The highest BCUT2D eigenvalue weighted by Crippen LogP contribution is 2.29. The Bertz CT molecular complexity index is 1130. The molecule has 1 aliphatic heterocycles. The van der Waals surface area contributed by atoms with E-state index < -0.39 is 0 Å². The highest BCUT2D eigenvalue weighted by molar-refractivity contribution is 6.30. The number of carbonyl (C=O) groups excluding carboxylic acids is 1. The van der Waals surface area contributed by atoms with Crippen molar-refractivity contribution in [2.75, 3.05) is 19.2 Å². The van der Waals surface area contributed by atoms with Gasteiger partial charge in [-0.2, -0.15) is 5.10 Å². The van der Waals surface area contributed by atoms with Gasteiger partial charge in [0.05, 0.1) is 12.8 Å². The summed E-state index contributed by atoms with van der Waals surface area (Å²) in [6, 6.07) is 15.7. The van der Waals surface area contributed by atoms with Gasteiger partial charge in [-0.1, -0.05) is 65.8 Å². The van der Waals surface area contributed by atoms with E-state index in [0.29, 0.717) is 12.8 Å². The van der Waals surface area contributed by atoms with Gasteiger partial charge in [-0.05, 0) is 55.8 Å². The first kappa shape index (κ1) is 28.8. The maximum Gasteiger partial charge on any atom is 0.127 e. The number of allylic oxidation sites excluding steroid dienone is 7. The second-order valence-corrected chi connectivity index (χ2v) is 8.88. The van der Waals surface area contributed by atoms with Crippen molar-refractivity contribution >= 4 is 29.3 Å². The molecule has 1 atom stereocenters. The minimum absolute atomic E-state index is 0.225. The van der Waals surface area contributed by atoms with E-state index >= 15 is 0 Å². The Hall–Kier alpha value is -3.41. The number of hydrogen-bond acceptors (Lipinski definition) is 5. The Morgan fingerprint density at radius 1 is 1.17 bits per heavy atom. The van der Waals surface area contributed by atoms with Crippen molar-refractivity contribution in [1.29, 1.82) is 0 Å². The maximum absolute atomic E-state index is 11.9. The summed E-state index contributed by atoms with van der Waals surface area (Å²) in [5.74, 6) is 0.565. The topological polar surface area (TPSA) is 62.1 Å². The fourth-order valence-corrected chi connectivity index (χ4v) is 3.78. The summed E-state index contributed by atoms with van der Waals surface area (Å²) in [6.45, 7) is 7.79. The van der Waals surface area contributed by atoms with Crippen molar-refractivity contribution in [2.24, 2.45) is 11.0 Å². The van der Waals surface area contributed by atoms with E-state index in [4.69, 9.17) is 26.5 Å². The number of nitrogens with zero attached hydrogens (tertiary/aromatic N) is 2. The zero-order valence-electron chi connectivity index (χ0n) is 21.4. The van der Waals surface area contributed by atoms with E-state index in [1.165, 1.54) is 0 Å². The van der Waals surface area contributed by atoms with E-state index in [1.54, 1.807) is 7.11 Å². The first-order chi connectivity index (χ1) is 17.4. The number of hydrogen-bond donors (Lipinski definition) is 1. The molecule has 0 saturated heterocycles. The Balaban J connectivity index is 0.00000222. The van der Waals surface area contributed by atoms with Crippen molar-refractivity contribution in [3.63, 3.8) is 0 Å². The smallest absolute Gasteiger partial charge is 0.127 e. The zero-order valence-corrected chi connectivity index (χ0v) is 22.2. The maximum atomic E-state index is 11.9. The normalized spacial score (nSPS) is 14.4. The van der Waals surface area contributed by atoms with Crippen LogP contribution >= 0.6 is 11.6 Å². The average molecular weight is 507 g/mol. The molecule has 1 heterocycles. The van der Waals surface area contributed by atoms with Gasteiger partial charge in [-0.15, -0.1) is 0 Å². The summed E-state index contributed by atoms with van der Waals surface area (Å²) in [7, 11) is 2.65.